The second-order valence-corrected chi connectivity index (χ2v) is 7.98. The van der Waals surface area contributed by atoms with Crippen molar-refractivity contribution >= 4 is 11.6 Å². The molecule has 0 bridgehead atoms. The molecule has 190 valence electrons. The fraction of sp³-hybridized carbons (Fsp3) is 0.455. The summed E-state index contributed by atoms with van der Waals surface area (Å²) >= 11 is 5.97. The SMILES string of the molecule is CCc1cc(OCC(F)(F)C(Cc2cccc(C(F)(F)F)c2)NCC(O)C(F)(F)F)ccc1Cl. The molecule has 12 heteroatoms. The van der Waals surface area contributed by atoms with Crippen molar-refractivity contribution in [1.29, 1.82) is 0 Å². The number of ether oxygens (including phenoxy) is 1. The zero-order valence-electron chi connectivity index (χ0n) is 17.8. The van der Waals surface area contributed by atoms with Crippen molar-refractivity contribution in [3.05, 3.63) is 64.2 Å². The number of halogens is 9. The van der Waals surface area contributed by atoms with Crippen LogP contribution in [-0.2, 0) is 19.0 Å². The van der Waals surface area contributed by atoms with E-state index in [0.717, 1.165) is 18.2 Å². The van der Waals surface area contributed by atoms with Gasteiger partial charge in [-0.05, 0) is 48.2 Å². The first-order valence-electron chi connectivity index (χ1n) is 10.1. The van der Waals surface area contributed by atoms with Gasteiger partial charge in [-0.1, -0.05) is 36.7 Å². The van der Waals surface area contributed by atoms with Gasteiger partial charge in [-0.3, -0.25) is 0 Å². The van der Waals surface area contributed by atoms with E-state index in [1.807, 2.05) is 5.32 Å². The van der Waals surface area contributed by atoms with Gasteiger partial charge >= 0.3 is 12.4 Å². The summed E-state index contributed by atoms with van der Waals surface area (Å²) in [5.74, 6) is -3.79. The van der Waals surface area contributed by atoms with Crippen molar-refractivity contribution in [1.82, 2.24) is 5.32 Å². The third-order valence-corrected chi connectivity index (χ3v) is 5.34. The predicted octanol–water partition coefficient (Wildman–Crippen LogP) is 6.06. The van der Waals surface area contributed by atoms with E-state index in [0.29, 0.717) is 23.1 Å². The Morgan fingerprint density at radius 1 is 1.00 bits per heavy atom. The summed E-state index contributed by atoms with van der Waals surface area (Å²) < 4.78 is 112. The number of nitrogens with one attached hydrogen (secondary N) is 1. The van der Waals surface area contributed by atoms with Crippen LogP contribution in [0.15, 0.2) is 42.5 Å². The Kier molecular flexibility index (Phi) is 9.17. The fourth-order valence-corrected chi connectivity index (χ4v) is 3.29. The van der Waals surface area contributed by atoms with Crippen LogP contribution in [0.25, 0.3) is 0 Å². The van der Waals surface area contributed by atoms with Crippen LogP contribution < -0.4 is 10.1 Å². The number of benzene rings is 2. The molecule has 2 rings (SSSR count). The second-order valence-electron chi connectivity index (χ2n) is 7.58. The Morgan fingerprint density at radius 3 is 2.26 bits per heavy atom. The highest BCUT2D eigenvalue weighted by atomic mass is 35.5. The molecule has 0 aromatic heterocycles. The number of rotatable bonds is 10. The normalized spacial score (nSPS) is 14.7. The van der Waals surface area contributed by atoms with Gasteiger partial charge in [-0.25, -0.2) is 8.78 Å². The number of alkyl halides is 8. The maximum absolute atomic E-state index is 15.0. The minimum Gasteiger partial charge on any atom is -0.487 e. The van der Waals surface area contributed by atoms with Gasteiger partial charge < -0.3 is 15.2 Å². The van der Waals surface area contributed by atoms with E-state index in [1.54, 1.807) is 6.92 Å². The summed E-state index contributed by atoms with van der Waals surface area (Å²) in [6.07, 6.45) is -13.0. The molecular formula is C22H22ClF8NO2. The first kappa shape index (κ1) is 28.1. The monoisotopic (exact) mass is 519 g/mol. The smallest absolute Gasteiger partial charge is 0.416 e. The molecule has 2 aromatic carbocycles. The minimum absolute atomic E-state index is 0.0362. The molecule has 3 nitrogen and oxygen atoms in total. The molecule has 0 fully saturated rings. The van der Waals surface area contributed by atoms with Crippen LogP contribution in [0.1, 0.15) is 23.6 Å². The average Bonchev–Trinajstić information content (AvgIpc) is 2.74. The maximum atomic E-state index is 15.0. The van der Waals surface area contributed by atoms with Gasteiger partial charge in [0.15, 0.2) is 12.7 Å². The van der Waals surface area contributed by atoms with E-state index in [9.17, 15) is 31.4 Å². The van der Waals surface area contributed by atoms with Crippen molar-refractivity contribution in [3.63, 3.8) is 0 Å². The molecule has 0 radical (unpaired) electrons. The van der Waals surface area contributed by atoms with E-state index < -0.39 is 55.6 Å². The van der Waals surface area contributed by atoms with Gasteiger partial charge in [0, 0.05) is 11.6 Å². The number of aliphatic hydroxyl groups excluding tert-OH is 1. The molecule has 2 aromatic rings. The van der Waals surface area contributed by atoms with Crippen LogP contribution in [0.4, 0.5) is 35.1 Å². The molecule has 2 atom stereocenters. The van der Waals surface area contributed by atoms with E-state index in [-0.39, 0.29) is 11.3 Å². The zero-order valence-corrected chi connectivity index (χ0v) is 18.5. The minimum atomic E-state index is -5.07. The molecule has 0 spiro atoms. The molecule has 0 saturated heterocycles. The Morgan fingerprint density at radius 2 is 1.68 bits per heavy atom. The summed E-state index contributed by atoms with van der Waals surface area (Å²) in [7, 11) is 0. The molecule has 0 amide bonds. The first-order valence-corrected chi connectivity index (χ1v) is 10.4. The number of aliphatic hydroxyl groups is 1. The third kappa shape index (κ3) is 7.99. The molecule has 0 saturated carbocycles. The lowest BCUT2D eigenvalue weighted by atomic mass is 9.98. The third-order valence-electron chi connectivity index (χ3n) is 4.97. The Bertz CT molecular complexity index is 949. The molecule has 0 aliphatic carbocycles. The number of aryl methyl sites for hydroxylation is 1. The molecule has 0 heterocycles. The predicted molar refractivity (Wildman–Crippen MR) is 110 cm³/mol. The molecule has 2 unspecified atom stereocenters. The van der Waals surface area contributed by atoms with Crippen LogP contribution in [0.2, 0.25) is 5.02 Å². The summed E-state index contributed by atoms with van der Waals surface area (Å²) in [5.41, 5.74) is -0.658. The molecule has 2 N–H and O–H groups in total. The van der Waals surface area contributed by atoms with Gasteiger partial charge in [-0.2, -0.15) is 26.3 Å². The van der Waals surface area contributed by atoms with Crippen LogP contribution >= 0.6 is 11.6 Å². The lowest BCUT2D eigenvalue weighted by Gasteiger charge is -2.29. The average molecular weight is 520 g/mol. The Balaban J connectivity index is 2.24. The highest BCUT2D eigenvalue weighted by molar-refractivity contribution is 6.31. The quantitative estimate of drug-likeness (QED) is 0.375. The second kappa shape index (κ2) is 11.1. The van der Waals surface area contributed by atoms with Crippen LogP contribution in [0, 0.1) is 0 Å². The van der Waals surface area contributed by atoms with E-state index >= 15 is 8.78 Å². The number of hydrogen-bond acceptors (Lipinski definition) is 3. The molecular weight excluding hydrogens is 498 g/mol. The van der Waals surface area contributed by atoms with Crippen LogP contribution in [0.5, 0.6) is 5.75 Å². The highest BCUT2D eigenvalue weighted by Crippen LogP contribution is 2.31. The van der Waals surface area contributed by atoms with E-state index in [2.05, 4.69) is 0 Å². The summed E-state index contributed by atoms with van der Waals surface area (Å²) in [6, 6.07) is 5.66. The van der Waals surface area contributed by atoms with Crippen molar-refractivity contribution in [2.45, 2.75) is 50.2 Å². The summed E-state index contributed by atoms with van der Waals surface area (Å²) in [5, 5.41) is 11.5. The Hall–Kier alpha value is -2.11. The fourth-order valence-electron chi connectivity index (χ4n) is 3.04. The molecule has 34 heavy (non-hydrogen) atoms. The van der Waals surface area contributed by atoms with Crippen molar-refractivity contribution < 1.29 is 45.0 Å². The number of hydrogen-bond donors (Lipinski definition) is 2. The van der Waals surface area contributed by atoms with Gasteiger partial charge in [-0.15, -0.1) is 0 Å². The standard InChI is InChI=1S/C22H22ClF8NO2/c1-2-14-10-16(6-7-17(14)23)34-12-20(24,25)18(32-11-19(33)22(29,30)31)9-13-4-3-5-15(8-13)21(26,27)28/h3-8,10,18-19,32-33H,2,9,11-12H2,1H3. The zero-order chi connectivity index (χ0) is 25.7. The lowest BCUT2D eigenvalue weighted by molar-refractivity contribution is -0.203. The molecule has 0 aliphatic rings. The van der Waals surface area contributed by atoms with Gasteiger partial charge in [0.2, 0.25) is 0 Å². The van der Waals surface area contributed by atoms with Gasteiger partial charge in [0.05, 0.1) is 11.6 Å². The van der Waals surface area contributed by atoms with Crippen molar-refractivity contribution in [3.8, 4) is 5.75 Å². The van der Waals surface area contributed by atoms with Gasteiger partial charge in [0.1, 0.15) is 5.75 Å². The Labute approximate surface area is 195 Å². The lowest BCUT2D eigenvalue weighted by Crippen LogP contribution is -2.53. The van der Waals surface area contributed by atoms with Gasteiger partial charge in [0.25, 0.3) is 5.92 Å². The largest absolute Gasteiger partial charge is 0.487 e. The summed E-state index contributed by atoms with van der Waals surface area (Å²) in [6.45, 7) is -0.791. The van der Waals surface area contributed by atoms with E-state index in [4.69, 9.17) is 16.3 Å². The maximum Gasteiger partial charge on any atom is 0.416 e. The highest BCUT2D eigenvalue weighted by Gasteiger charge is 2.44. The molecule has 0 aliphatic heterocycles. The van der Waals surface area contributed by atoms with Crippen LogP contribution in [-0.4, -0.2) is 42.5 Å². The van der Waals surface area contributed by atoms with Crippen molar-refractivity contribution in [2.75, 3.05) is 13.2 Å². The van der Waals surface area contributed by atoms with Crippen molar-refractivity contribution in [2.24, 2.45) is 0 Å². The van der Waals surface area contributed by atoms with Crippen LogP contribution in [0.3, 0.4) is 0 Å². The summed E-state index contributed by atoms with van der Waals surface area (Å²) in [4.78, 5) is 0. The first-order chi connectivity index (χ1) is 15.6. The van der Waals surface area contributed by atoms with E-state index in [1.165, 1.54) is 18.2 Å². The topological polar surface area (TPSA) is 41.5 Å².